The highest BCUT2D eigenvalue weighted by atomic mass is 31.2. The van der Waals surface area contributed by atoms with Crippen molar-refractivity contribution in [3.63, 3.8) is 0 Å². The molecule has 0 heterocycles. The average Bonchev–Trinajstić information content (AvgIpc) is 2.93. The van der Waals surface area contributed by atoms with Gasteiger partial charge in [-0.25, -0.2) is 9.36 Å². The first-order valence-electron chi connectivity index (χ1n) is 12.1. The number of hydrogen-bond donors (Lipinski definition) is 6. The second-order valence-corrected chi connectivity index (χ2v) is 9.76. The molecule has 0 fully saturated rings. The number of nitrogens with one attached hydrogen (secondary N) is 2. The van der Waals surface area contributed by atoms with E-state index in [2.05, 4.69) is 19.7 Å². The minimum Gasteiger partial charge on any atom is -0.423 e. The monoisotopic (exact) mass is 568 g/mol. The van der Waals surface area contributed by atoms with Crippen molar-refractivity contribution in [2.45, 2.75) is 38.5 Å². The number of carbonyl (C=O) groups excluding carboxylic acids is 3. The van der Waals surface area contributed by atoms with Gasteiger partial charge in [0, 0.05) is 25.9 Å². The molecule has 2 rings (SSSR count). The molecule has 2 unspecified atom stereocenters. The van der Waals surface area contributed by atoms with Gasteiger partial charge in [0.05, 0.1) is 32.0 Å². The minimum absolute atomic E-state index is 0.0585. The zero-order valence-corrected chi connectivity index (χ0v) is 22.0. The van der Waals surface area contributed by atoms with Crippen molar-refractivity contribution in [3.8, 4) is 5.75 Å². The van der Waals surface area contributed by atoms with E-state index in [9.17, 15) is 23.8 Å². The standard InChI is InChI=1S/C25H33N2O11P/c28-15-19-6-10-22(11-7-19)38-25(33)20-8-4-18(5-9-20)14-27-24(32)3-1-2-23(31)26-12-13-36-39(34,35)37-17-21(30)16-29/h4-11,21,28-30H,1-3,12-17H2,(H,26,31)(H,27,32)(H,34,35). The number of esters is 1. The zero-order chi connectivity index (χ0) is 28.7. The normalized spacial score (nSPS) is 13.2. The van der Waals surface area contributed by atoms with E-state index in [1.165, 1.54) is 0 Å². The molecule has 0 spiro atoms. The van der Waals surface area contributed by atoms with E-state index in [-0.39, 0.29) is 57.4 Å². The smallest absolute Gasteiger partial charge is 0.423 e. The molecule has 2 amide bonds. The van der Waals surface area contributed by atoms with E-state index in [0.717, 1.165) is 5.56 Å². The van der Waals surface area contributed by atoms with Crippen LogP contribution < -0.4 is 15.4 Å². The summed E-state index contributed by atoms with van der Waals surface area (Å²) >= 11 is 0. The van der Waals surface area contributed by atoms with Crippen molar-refractivity contribution in [1.29, 1.82) is 0 Å². The Morgan fingerprint density at radius 1 is 0.872 bits per heavy atom. The largest absolute Gasteiger partial charge is 0.472 e. The zero-order valence-electron chi connectivity index (χ0n) is 21.2. The molecule has 2 aromatic rings. The van der Waals surface area contributed by atoms with Gasteiger partial charge in [-0.2, -0.15) is 0 Å². The first-order chi connectivity index (χ1) is 18.6. The van der Waals surface area contributed by atoms with Gasteiger partial charge in [0.1, 0.15) is 11.9 Å². The molecule has 0 aliphatic heterocycles. The third-order valence-corrected chi connectivity index (χ3v) is 6.11. The number of phosphoric ester groups is 1. The summed E-state index contributed by atoms with van der Waals surface area (Å²) in [5, 5.41) is 32.0. The molecule has 0 aromatic heterocycles. The summed E-state index contributed by atoms with van der Waals surface area (Å²) in [6.07, 6.45) is -0.867. The second-order valence-electron chi connectivity index (χ2n) is 8.30. The van der Waals surface area contributed by atoms with E-state index < -0.39 is 33.1 Å². The van der Waals surface area contributed by atoms with Crippen molar-refractivity contribution < 1.29 is 52.9 Å². The van der Waals surface area contributed by atoms with Crippen LogP contribution in [0.2, 0.25) is 0 Å². The summed E-state index contributed by atoms with van der Waals surface area (Å²) in [6, 6.07) is 13.0. The van der Waals surface area contributed by atoms with Crippen LogP contribution in [0.4, 0.5) is 0 Å². The molecule has 2 atom stereocenters. The number of ether oxygens (including phenoxy) is 1. The van der Waals surface area contributed by atoms with Crippen molar-refractivity contribution in [3.05, 3.63) is 65.2 Å². The summed E-state index contributed by atoms with van der Waals surface area (Å²) in [5.74, 6) is -0.816. The Kier molecular flexibility index (Phi) is 13.7. The number of amides is 2. The maximum absolute atomic E-state index is 12.3. The quantitative estimate of drug-likeness (QED) is 0.0682. The first-order valence-corrected chi connectivity index (χ1v) is 13.6. The van der Waals surface area contributed by atoms with Gasteiger partial charge in [0.25, 0.3) is 0 Å². The molecule has 39 heavy (non-hydrogen) atoms. The Bertz CT molecular complexity index is 1110. The van der Waals surface area contributed by atoms with E-state index in [0.29, 0.717) is 16.9 Å². The van der Waals surface area contributed by atoms with Crippen LogP contribution in [0.25, 0.3) is 0 Å². The van der Waals surface area contributed by atoms with Crippen molar-refractivity contribution >= 4 is 25.6 Å². The van der Waals surface area contributed by atoms with Crippen LogP contribution in [-0.2, 0) is 36.4 Å². The van der Waals surface area contributed by atoms with Gasteiger partial charge in [-0.3, -0.25) is 18.6 Å². The highest BCUT2D eigenvalue weighted by Gasteiger charge is 2.22. The lowest BCUT2D eigenvalue weighted by molar-refractivity contribution is -0.122. The number of carbonyl (C=O) groups is 3. The minimum atomic E-state index is -4.42. The summed E-state index contributed by atoms with van der Waals surface area (Å²) in [4.78, 5) is 45.6. The Morgan fingerprint density at radius 3 is 2.10 bits per heavy atom. The molecule has 13 nitrogen and oxygen atoms in total. The predicted molar refractivity (Wildman–Crippen MR) is 137 cm³/mol. The van der Waals surface area contributed by atoms with Gasteiger partial charge < -0.3 is 35.6 Å². The SMILES string of the molecule is O=C(CCCC(=O)NCc1ccc(C(=O)Oc2ccc(CO)cc2)cc1)NCCOP(=O)(O)OCC(O)CO. The topological polar surface area (TPSA) is 201 Å². The lowest BCUT2D eigenvalue weighted by atomic mass is 10.1. The lowest BCUT2D eigenvalue weighted by Crippen LogP contribution is -2.28. The lowest BCUT2D eigenvalue weighted by Gasteiger charge is -2.14. The summed E-state index contributed by atoms with van der Waals surface area (Å²) < 4.78 is 26.0. The van der Waals surface area contributed by atoms with Crippen molar-refractivity contribution in [2.24, 2.45) is 0 Å². The predicted octanol–water partition coefficient (Wildman–Crippen LogP) is 0.788. The van der Waals surface area contributed by atoms with Crippen LogP contribution in [0.15, 0.2) is 48.5 Å². The van der Waals surface area contributed by atoms with Crippen LogP contribution in [0.1, 0.15) is 40.7 Å². The molecule has 0 aliphatic rings. The molecule has 0 radical (unpaired) electrons. The molecular formula is C25H33N2O11P. The Morgan fingerprint density at radius 2 is 1.49 bits per heavy atom. The molecular weight excluding hydrogens is 535 g/mol. The van der Waals surface area contributed by atoms with Crippen LogP contribution in [-0.4, -0.2) is 70.5 Å². The molecule has 14 heteroatoms. The molecule has 0 saturated heterocycles. The first kappa shape index (κ1) is 32.1. The molecule has 0 bridgehead atoms. The van der Waals surface area contributed by atoms with E-state index in [1.54, 1.807) is 48.5 Å². The van der Waals surface area contributed by atoms with Crippen LogP contribution >= 0.6 is 7.82 Å². The molecule has 6 N–H and O–H groups in total. The third-order valence-electron chi connectivity index (χ3n) is 5.12. The fraction of sp³-hybridized carbons (Fsp3) is 0.400. The molecule has 214 valence electrons. The number of hydrogen-bond acceptors (Lipinski definition) is 10. The third kappa shape index (κ3) is 13.0. The van der Waals surface area contributed by atoms with Crippen molar-refractivity contribution in [2.75, 3.05) is 26.4 Å². The Balaban J connectivity index is 1.60. The Labute approximate surface area is 225 Å². The van der Waals surface area contributed by atoms with Gasteiger partial charge in [0.15, 0.2) is 0 Å². The summed E-state index contributed by atoms with van der Waals surface area (Å²) in [7, 11) is -4.42. The fourth-order valence-corrected chi connectivity index (χ4v) is 3.75. The van der Waals surface area contributed by atoms with Crippen LogP contribution in [0.3, 0.4) is 0 Å². The number of benzene rings is 2. The van der Waals surface area contributed by atoms with Crippen LogP contribution in [0, 0.1) is 0 Å². The van der Waals surface area contributed by atoms with E-state index in [4.69, 9.17) is 20.1 Å². The highest BCUT2D eigenvalue weighted by molar-refractivity contribution is 7.47. The summed E-state index contributed by atoms with van der Waals surface area (Å²) in [6.45, 7) is -1.47. The number of aliphatic hydroxyl groups is 3. The number of phosphoric acid groups is 1. The average molecular weight is 569 g/mol. The van der Waals surface area contributed by atoms with Crippen molar-refractivity contribution in [1.82, 2.24) is 10.6 Å². The van der Waals surface area contributed by atoms with Gasteiger partial charge in [-0.05, 0) is 41.8 Å². The highest BCUT2D eigenvalue weighted by Crippen LogP contribution is 2.42. The molecule has 2 aromatic carbocycles. The van der Waals surface area contributed by atoms with E-state index >= 15 is 0 Å². The summed E-state index contributed by atoms with van der Waals surface area (Å²) in [5.41, 5.74) is 1.80. The maximum Gasteiger partial charge on any atom is 0.472 e. The second kappa shape index (κ2) is 16.7. The van der Waals surface area contributed by atoms with Gasteiger partial charge >= 0.3 is 13.8 Å². The molecule has 0 saturated carbocycles. The maximum atomic E-state index is 12.3. The number of rotatable bonds is 17. The fourth-order valence-electron chi connectivity index (χ4n) is 3.00. The Hall–Kier alpha value is -3.16. The van der Waals surface area contributed by atoms with Gasteiger partial charge in [0.2, 0.25) is 11.8 Å². The van der Waals surface area contributed by atoms with Gasteiger partial charge in [-0.15, -0.1) is 0 Å². The van der Waals surface area contributed by atoms with E-state index in [1.807, 2.05) is 0 Å². The molecule has 0 aliphatic carbocycles. The van der Waals surface area contributed by atoms with Gasteiger partial charge in [-0.1, -0.05) is 24.3 Å². The number of aliphatic hydroxyl groups excluding tert-OH is 3. The van der Waals surface area contributed by atoms with Crippen LogP contribution in [0.5, 0.6) is 5.75 Å².